The van der Waals surface area contributed by atoms with Gasteiger partial charge in [0.2, 0.25) is 16.0 Å². The molecule has 0 spiro atoms. The third-order valence-electron chi connectivity index (χ3n) is 7.08. The molecule has 3 atom stereocenters. The highest BCUT2D eigenvalue weighted by Crippen LogP contribution is 2.25. The maximum absolute atomic E-state index is 15.1. The van der Waals surface area contributed by atoms with Crippen molar-refractivity contribution in [2.24, 2.45) is 0 Å². The topological polar surface area (TPSA) is 126 Å². The molecule has 2 aromatic heterocycles. The van der Waals surface area contributed by atoms with E-state index < -0.39 is 27.8 Å². The van der Waals surface area contributed by atoms with Gasteiger partial charge in [0.25, 0.3) is 0 Å². The summed E-state index contributed by atoms with van der Waals surface area (Å²) in [4.78, 5) is 11.1. The van der Waals surface area contributed by atoms with E-state index in [1.165, 1.54) is 4.31 Å². The summed E-state index contributed by atoms with van der Waals surface area (Å²) in [7, 11) is -1.83. The second-order valence-electron chi connectivity index (χ2n) is 11.0. The molecule has 2 aromatic rings. The zero-order valence-electron chi connectivity index (χ0n) is 22.7. The highest BCUT2D eigenvalue weighted by Gasteiger charge is 2.35. The molecular weight excluding hydrogens is 513 g/mol. The maximum Gasteiger partial charge on any atom is 0.223 e. The van der Waals surface area contributed by atoms with Crippen LogP contribution < -0.4 is 5.32 Å². The fraction of sp³-hybridized carbons (Fsp3) is 0.720. The number of nitrogens with zero attached hydrogens (tertiary/aromatic N) is 6. The first-order chi connectivity index (χ1) is 17.9. The number of aliphatic hydroxyl groups is 1. The first kappa shape index (κ1) is 28.8. The zero-order valence-corrected chi connectivity index (χ0v) is 23.5. The van der Waals surface area contributed by atoms with Gasteiger partial charge in [-0.1, -0.05) is 0 Å². The Kier molecular flexibility index (Phi) is 9.03. The largest absolute Gasteiger partial charge is 0.389 e. The van der Waals surface area contributed by atoms with Crippen LogP contribution in [-0.4, -0.2) is 112 Å². The van der Waals surface area contributed by atoms with Gasteiger partial charge in [-0.2, -0.15) is 9.40 Å². The highest BCUT2D eigenvalue weighted by molar-refractivity contribution is 7.89. The molecule has 0 aromatic carbocycles. The minimum atomic E-state index is -3.53. The molecule has 0 unspecified atom stereocenters. The zero-order chi connectivity index (χ0) is 27.5. The van der Waals surface area contributed by atoms with Gasteiger partial charge in [0.15, 0.2) is 0 Å². The number of methoxy groups -OCH3 is 1. The van der Waals surface area contributed by atoms with E-state index in [1.54, 1.807) is 44.2 Å². The Morgan fingerprint density at radius 2 is 2.03 bits per heavy atom. The van der Waals surface area contributed by atoms with Crippen molar-refractivity contribution < 1.29 is 22.7 Å². The van der Waals surface area contributed by atoms with E-state index in [2.05, 4.69) is 25.3 Å². The lowest BCUT2D eigenvalue weighted by atomic mass is 10.1. The SMILES string of the molecule is CO[C@@H]1CCN(CCCS(=O)(=O)N2CC[C@H](Nc3ncc(C)c(-c4cnn(CC(C)(C)O)c4)n3)[C@H](F)C2)C1. The fourth-order valence-electron chi connectivity index (χ4n) is 5.02. The third kappa shape index (κ3) is 7.47. The molecule has 38 heavy (non-hydrogen) atoms. The number of piperidine rings is 1. The van der Waals surface area contributed by atoms with E-state index >= 15 is 4.39 Å². The van der Waals surface area contributed by atoms with Crippen molar-refractivity contribution in [3.63, 3.8) is 0 Å². The summed E-state index contributed by atoms with van der Waals surface area (Å²) in [5.41, 5.74) is 1.36. The van der Waals surface area contributed by atoms with Gasteiger partial charge in [-0.05, 0) is 52.1 Å². The maximum atomic E-state index is 15.1. The normalized spacial score (nSPS) is 23.7. The van der Waals surface area contributed by atoms with Gasteiger partial charge in [-0.15, -0.1) is 0 Å². The fourth-order valence-corrected chi connectivity index (χ4v) is 6.53. The van der Waals surface area contributed by atoms with Crippen molar-refractivity contribution in [2.75, 3.05) is 50.9 Å². The van der Waals surface area contributed by atoms with Crippen LogP contribution in [-0.2, 0) is 21.3 Å². The summed E-state index contributed by atoms with van der Waals surface area (Å²) in [6.45, 7) is 8.13. The quantitative estimate of drug-likeness (QED) is 0.428. The smallest absolute Gasteiger partial charge is 0.223 e. The number of nitrogens with one attached hydrogen (secondary N) is 1. The van der Waals surface area contributed by atoms with Gasteiger partial charge < -0.3 is 20.1 Å². The van der Waals surface area contributed by atoms with E-state index in [1.807, 2.05) is 6.92 Å². The molecule has 2 aliphatic rings. The number of likely N-dealkylation sites (tertiary alicyclic amines) is 1. The number of aryl methyl sites for hydroxylation is 1. The number of alkyl halides is 1. The first-order valence-electron chi connectivity index (χ1n) is 13.2. The number of aromatic nitrogens is 4. The summed E-state index contributed by atoms with van der Waals surface area (Å²) >= 11 is 0. The lowest BCUT2D eigenvalue weighted by Gasteiger charge is -2.34. The van der Waals surface area contributed by atoms with Gasteiger partial charge in [-0.25, -0.2) is 22.8 Å². The predicted octanol–water partition coefficient (Wildman–Crippen LogP) is 1.68. The average Bonchev–Trinajstić information content (AvgIpc) is 3.49. The Bertz CT molecular complexity index is 1190. The summed E-state index contributed by atoms with van der Waals surface area (Å²) in [5, 5.41) is 17.4. The number of rotatable bonds is 11. The molecule has 2 N–H and O–H groups in total. The molecule has 0 radical (unpaired) electrons. The van der Waals surface area contributed by atoms with Crippen molar-refractivity contribution in [2.45, 2.75) is 70.5 Å². The Balaban J connectivity index is 1.31. The summed E-state index contributed by atoms with van der Waals surface area (Å²) < 4.78 is 49.2. The number of hydrogen-bond acceptors (Lipinski definition) is 9. The predicted molar refractivity (Wildman–Crippen MR) is 143 cm³/mol. The molecule has 2 fully saturated rings. The minimum absolute atomic E-state index is 0.0115. The van der Waals surface area contributed by atoms with Crippen molar-refractivity contribution >= 4 is 16.0 Å². The lowest BCUT2D eigenvalue weighted by molar-refractivity contribution is 0.0577. The summed E-state index contributed by atoms with van der Waals surface area (Å²) in [6.07, 6.45) is 5.77. The third-order valence-corrected chi connectivity index (χ3v) is 9.00. The van der Waals surface area contributed by atoms with Gasteiger partial charge in [0.05, 0.1) is 41.9 Å². The van der Waals surface area contributed by atoms with Gasteiger partial charge in [-0.3, -0.25) is 4.68 Å². The van der Waals surface area contributed by atoms with Crippen LogP contribution in [0.1, 0.15) is 38.7 Å². The van der Waals surface area contributed by atoms with E-state index in [0.717, 1.165) is 30.6 Å². The Morgan fingerprint density at radius 1 is 1.24 bits per heavy atom. The Labute approximate surface area is 224 Å². The standard InChI is InChI=1S/C25H40FN7O4S/c1-18-12-27-24(30-23(18)19-13-28-32(14-19)17-25(2,3)34)29-22-7-10-33(16-21(22)26)38(35,36)11-5-8-31-9-6-20(15-31)37-4/h12-14,20-22,34H,5-11,15-17H2,1-4H3,(H,27,29,30)/t20-,21-,22+/m1/s1. The molecule has 0 bridgehead atoms. The second kappa shape index (κ2) is 11.9. The number of ether oxygens (including phenoxy) is 1. The Morgan fingerprint density at radius 3 is 2.71 bits per heavy atom. The van der Waals surface area contributed by atoms with Crippen LogP contribution in [0.25, 0.3) is 11.3 Å². The van der Waals surface area contributed by atoms with Gasteiger partial charge >= 0.3 is 0 Å². The van der Waals surface area contributed by atoms with Crippen LogP contribution in [0.2, 0.25) is 0 Å². The van der Waals surface area contributed by atoms with E-state index in [-0.39, 0.29) is 30.9 Å². The monoisotopic (exact) mass is 553 g/mol. The van der Waals surface area contributed by atoms with Gasteiger partial charge in [0.1, 0.15) is 6.17 Å². The molecule has 2 saturated heterocycles. The van der Waals surface area contributed by atoms with E-state index in [0.29, 0.717) is 31.6 Å². The highest BCUT2D eigenvalue weighted by atomic mass is 32.2. The molecule has 0 saturated carbocycles. The molecule has 2 aliphatic heterocycles. The van der Waals surface area contributed by atoms with Crippen LogP contribution >= 0.6 is 0 Å². The van der Waals surface area contributed by atoms with E-state index in [4.69, 9.17) is 4.74 Å². The number of hydrogen-bond donors (Lipinski definition) is 2. The molecule has 0 aliphatic carbocycles. The van der Waals surface area contributed by atoms with Crippen molar-refractivity contribution in [3.05, 3.63) is 24.2 Å². The van der Waals surface area contributed by atoms with Crippen LogP contribution in [0.3, 0.4) is 0 Å². The summed E-state index contributed by atoms with van der Waals surface area (Å²) in [6, 6.07) is -0.592. The van der Waals surface area contributed by atoms with E-state index in [9.17, 15) is 13.5 Å². The molecule has 4 heterocycles. The van der Waals surface area contributed by atoms with Crippen molar-refractivity contribution in [3.8, 4) is 11.3 Å². The first-order valence-corrected chi connectivity index (χ1v) is 14.8. The van der Waals surface area contributed by atoms with Gasteiger partial charge in [0, 0.05) is 51.2 Å². The van der Waals surface area contributed by atoms with Crippen LogP contribution in [0.4, 0.5) is 10.3 Å². The molecule has 11 nitrogen and oxygen atoms in total. The second-order valence-corrected chi connectivity index (χ2v) is 13.1. The average molecular weight is 554 g/mol. The Hall–Kier alpha value is -2.19. The molecule has 13 heteroatoms. The van der Waals surface area contributed by atoms with Crippen LogP contribution in [0, 0.1) is 6.92 Å². The molecule has 4 rings (SSSR count). The minimum Gasteiger partial charge on any atom is -0.389 e. The van der Waals surface area contributed by atoms with Crippen LogP contribution in [0.5, 0.6) is 0 Å². The molecular formula is C25H40FN7O4S. The number of sulfonamides is 1. The van der Waals surface area contributed by atoms with Crippen molar-refractivity contribution in [1.29, 1.82) is 0 Å². The number of anilines is 1. The van der Waals surface area contributed by atoms with Crippen molar-refractivity contribution in [1.82, 2.24) is 29.0 Å². The number of halogens is 1. The summed E-state index contributed by atoms with van der Waals surface area (Å²) in [5.74, 6) is 0.294. The van der Waals surface area contributed by atoms with Crippen LogP contribution in [0.15, 0.2) is 18.6 Å². The lowest BCUT2D eigenvalue weighted by Crippen LogP contribution is -2.50. The molecule has 212 valence electrons. The molecule has 0 amide bonds.